The lowest BCUT2D eigenvalue weighted by Gasteiger charge is -2.10. The first-order valence-electron chi connectivity index (χ1n) is 6.32. The second-order valence-electron chi connectivity index (χ2n) is 4.16. The number of nitrogens with zero attached hydrogens (tertiary/aromatic N) is 1. The normalized spacial score (nSPS) is 9.91. The van der Waals surface area contributed by atoms with E-state index in [1.165, 1.54) is 19.1 Å². The Morgan fingerprint density at radius 2 is 2.05 bits per heavy atom. The molecule has 1 aromatic carbocycles. The van der Waals surface area contributed by atoms with Crippen LogP contribution in [-0.4, -0.2) is 23.6 Å². The van der Waals surface area contributed by atoms with Crippen molar-refractivity contribution in [1.82, 2.24) is 0 Å². The summed E-state index contributed by atoms with van der Waals surface area (Å²) in [5, 5.41) is 9.03. The minimum Gasteiger partial charge on any atom is -0.427 e. The van der Waals surface area contributed by atoms with E-state index in [-0.39, 0.29) is 25.2 Å². The van der Waals surface area contributed by atoms with Crippen molar-refractivity contribution in [2.75, 3.05) is 6.61 Å². The van der Waals surface area contributed by atoms with E-state index in [4.69, 9.17) is 9.47 Å². The van der Waals surface area contributed by atoms with Gasteiger partial charge >= 0.3 is 11.9 Å². The van der Waals surface area contributed by atoms with Gasteiger partial charge in [0.25, 0.3) is 5.09 Å². The lowest BCUT2D eigenvalue weighted by molar-refractivity contribution is -0.757. The molecule has 0 aliphatic rings. The predicted octanol–water partition coefficient (Wildman–Crippen LogP) is 1.94. The molecule has 0 aliphatic heterocycles. The van der Waals surface area contributed by atoms with E-state index < -0.39 is 17.0 Å². The fourth-order valence-electron chi connectivity index (χ4n) is 1.54. The standard InChI is InChI=1S/C13H15NO7S/c1-9(15)20-11-4-5-12(10(7-11)8-22)21-13(16)3-2-6-19-14(17)18/h4-5,7,22H,2-3,6,8H2,1H3. The molecule has 0 N–H and O–H groups in total. The van der Waals surface area contributed by atoms with Crippen LogP contribution in [0.5, 0.6) is 11.5 Å². The lowest BCUT2D eigenvalue weighted by atomic mass is 10.2. The van der Waals surface area contributed by atoms with Crippen molar-refractivity contribution in [2.24, 2.45) is 0 Å². The number of ether oxygens (including phenoxy) is 2. The van der Waals surface area contributed by atoms with Crippen LogP contribution >= 0.6 is 12.6 Å². The zero-order valence-corrected chi connectivity index (χ0v) is 12.7. The van der Waals surface area contributed by atoms with Gasteiger partial charge in [-0.3, -0.25) is 9.59 Å². The van der Waals surface area contributed by atoms with E-state index in [0.717, 1.165) is 0 Å². The van der Waals surface area contributed by atoms with Crippen molar-refractivity contribution >= 4 is 24.6 Å². The number of esters is 2. The molecule has 0 amide bonds. The van der Waals surface area contributed by atoms with Crippen LogP contribution in [0.4, 0.5) is 0 Å². The molecule has 1 aromatic rings. The Bertz CT molecular complexity index is 561. The second kappa shape index (κ2) is 8.88. The molecule has 9 heteroatoms. The molecule has 0 radical (unpaired) electrons. The van der Waals surface area contributed by atoms with E-state index in [1.807, 2.05) is 0 Å². The van der Waals surface area contributed by atoms with Crippen LogP contribution in [0, 0.1) is 10.1 Å². The minimum absolute atomic E-state index is 0.0223. The van der Waals surface area contributed by atoms with Crippen molar-refractivity contribution in [3.8, 4) is 11.5 Å². The average Bonchev–Trinajstić information content (AvgIpc) is 2.44. The molecule has 0 aliphatic carbocycles. The van der Waals surface area contributed by atoms with Gasteiger partial charge in [-0.25, -0.2) is 0 Å². The highest BCUT2D eigenvalue weighted by Crippen LogP contribution is 2.26. The number of hydrogen-bond acceptors (Lipinski definition) is 8. The van der Waals surface area contributed by atoms with Crippen molar-refractivity contribution in [3.05, 3.63) is 33.9 Å². The largest absolute Gasteiger partial charge is 0.427 e. The first-order chi connectivity index (χ1) is 10.4. The van der Waals surface area contributed by atoms with Crippen molar-refractivity contribution in [1.29, 1.82) is 0 Å². The van der Waals surface area contributed by atoms with Gasteiger partial charge in [0.05, 0.1) is 6.61 Å². The molecule has 0 fully saturated rings. The molecule has 0 unspecified atom stereocenters. The highest BCUT2D eigenvalue weighted by Gasteiger charge is 2.11. The highest BCUT2D eigenvalue weighted by molar-refractivity contribution is 7.79. The Kier molecular flexibility index (Phi) is 7.17. The van der Waals surface area contributed by atoms with Crippen LogP contribution in [0.15, 0.2) is 18.2 Å². The van der Waals surface area contributed by atoms with Crippen LogP contribution in [0.2, 0.25) is 0 Å². The fourth-order valence-corrected chi connectivity index (χ4v) is 1.78. The number of rotatable bonds is 8. The molecular weight excluding hydrogens is 314 g/mol. The third kappa shape index (κ3) is 6.44. The van der Waals surface area contributed by atoms with Gasteiger partial charge in [0.2, 0.25) is 0 Å². The van der Waals surface area contributed by atoms with Gasteiger partial charge in [0, 0.05) is 24.7 Å². The van der Waals surface area contributed by atoms with Gasteiger partial charge < -0.3 is 14.3 Å². The summed E-state index contributed by atoms with van der Waals surface area (Å²) < 4.78 is 10.1. The van der Waals surface area contributed by atoms with Gasteiger partial charge in [-0.1, -0.05) is 0 Å². The van der Waals surface area contributed by atoms with Crippen molar-refractivity contribution < 1.29 is 29.0 Å². The monoisotopic (exact) mass is 329 g/mol. The summed E-state index contributed by atoms with van der Waals surface area (Å²) in [6, 6.07) is 4.54. The SMILES string of the molecule is CC(=O)Oc1ccc(OC(=O)CCCO[N+](=O)[O-])c(CS)c1. The van der Waals surface area contributed by atoms with Crippen LogP contribution in [0.3, 0.4) is 0 Å². The molecule has 120 valence electrons. The Hall–Kier alpha value is -2.29. The van der Waals surface area contributed by atoms with Crippen LogP contribution in [-0.2, 0) is 20.2 Å². The number of carbonyl (C=O) groups is 2. The first kappa shape index (κ1) is 17.8. The number of benzene rings is 1. The highest BCUT2D eigenvalue weighted by atomic mass is 32.1. The molecule has 1 rings (SSSR count). The maximum absolute atomic E-state index is 11.6. The molecule has 8 nitrogen and oxygen atoms in total. The number of carbonyl (C=O) groups excluding carboxylic acids is 2. The van der Waals surface area contributed by atoms with Gasteiger partial charge in [0.15, 0.2) is 0 Å². The maximum atomic E-state index is 11.6. The Morgan fingerprint density at radius 1 is 1.32 bits per heavy atom. The summed E-state index contributed by atoms with van der Waals surface area (Å²) in [7, 11) is 0. The molecule has 0 bridgehead atoms. The Labute approximate surface area is 131 Å². The molecule has 0 atom stereocenters. The quantitative estimate of drug-likeness (QED) is 0.194. The molecule has 0 heterocycles. The summed E-state index contributed by atoms with van der Waals surface area (Å²) in [4.78, 5) is 36.6. The van der Waals surface area contributed by atoms with Crippen molar-refractivity contribution in [3.63, 3.8) is 0 Å². The lowest BCUT2D eigenvalue weighted by Crippen LogP contribution is -2.11. The summed E-state index contributed by atoms with van der Waals surface area (Å²) in [6.07, 6.45) is 0.146. The van der Waals surface area contributed by atoms with Gasteiger partial charge in [0.1, 0.15) is 11.5 Å². The van der Waals surface area contributed by atoms with E-state index in [2.05, 4.69) is 17.5 Å². The smallest absolute Gasteiger partial charge is 0.311 e. The Balaban J connectivity index is 2.58. The van der Waals surface area contributed by atoms with Crippen molar-refractivity contribution in [2.45, 2.75) is 25.5 Å². The predicted molar refractivity (Wildman–Crippen MR) is 78.3 cm³/mol. The molecule has 22 heavy (non-hydrogen) atoms. The van der Waals surface area contributed by atoms with E-state index >= 15 is 0 Å². The first-order valence-corrected chi connectivity index (χ1v) is 6.95. The molecular formula is C13H15NO7S. The molecule has 0 saturated heterocycles. The zero-order chi connectivity index (χ0) is 16.5. The topological polar surface area (TPSA) is 105 Å². The van der Waals surface area contributed by atoms with Crippen LogP contribution in [0.1, 0.15) is 25.3 Å². The molecule has 0 saturated carbocycles. The summed E-state index contributed by atoms with van der Waals surface area (Å²) in [5.74, 6) is -0.0972. The van der Waals surface area contributed by atoms with E-state index in [1.54, 1.807) is 6.07 Å². The van der Waals surface area contributed by atoms with Gasteiger partial charge in [-0.2, -0.15) is 12.6 Å². The summed E-state index contributed by atoms with van der Waals surface area (Å²) in [6.45, 7) is 1.11. The van der Waals surface area contributed by atoms with Crippen LogP contribution < -0.4 is 9.47 Å². The zero-order valence-electron chi connectivity index (χ0n) is 11.8. The van der Waals surface area contributed by atoms with Crippen LogP contribution in [0.25, 0.3) is 0 Å². The third-order valence-corrected chi connectivity index (χ3v) is 2.75. The minimum atomic E-state index is -0.919. The molecule has 0 aromatic heterocycles. The van der Waals surface area contributed by atoms with E-state index in [9.17, 15) is 19.7 Å². The second-order valence-corrected chi connectivity index (χ2v) is 4.47. The number of thiol groups is 1. The Morgan fingerprint density at radius 3 is 2.64 bits per heavy atom. The fraction of sp³-hybridized carbons (Fsp3) is 0.385. The maximum Gasteiger partial charge on any atom is 0.311 e. The van der Waals surface area contributed by atoms with Gasteiger partial charge in [-0.05, 0) is 24.6 Å². The summed E-state index contributed by atoms with van der Waals surface area (Å²) in [5.41, 5.74) is 0.581. The van der Waals surface area contributed by atoms with E-state index in [0.29, 0.717) is 17.1 Å². The molecule has 0 spiro atoms. The summed E-state index contributed by atoms with van der Waals surface area (Å²) >= 11 is 4.12. The van der Waals surface area contributed by atoms with Gasteiger partial charge in [-0.15, -0.1) is 10.1 Å². The number of hydrogen-bond donors (Lipinski definition) is 1. The third-order valence-electron chi connectivity index (χ3n) is 2.41. The average molecular weight is 329 g/mol.